The second-order valence-corrected chi connectivity index (χ2v) is 6.72. The number of hydrogen-bond acceptors (Lipinski definition) is 3. The first-order valence-electron chi connectivity index (χ1n) is 8.91. The molecule has 0 saturated carbocycles. The standard InChI is InChI=1S/C22H19FN4O/c1-26(14-15-7-4-3-5-8-15)22(28)18-12-20(16-9-6-10-17(23)11-16)25-21-19(18)13-24-27(21)2/h3-13H,14H2,1-2H3. The van der Waals surface area contributed by atoms with Crippen LogP contribution in [-0.4, -0.2) is 32.6 Å². The normalized spacial score (nSPS) is 11.0. The third kappa shape index (κ3) is 3.36. The Morgan fingerprint density at radius 1 is 1.11 bits per heavy atom. The molecule has 2 heterocycles. The lowest BCUT2D eigenvalue weighted by Gasteiger charge is -2.18. The van der Waals surface area contributed by atoms with Crippen LogP contribution in [0.4, 0.5) is 4.39 Å². The lowest BCUT2D eigenvalue weighted by Crippen LogP contribution is -2.26. The van der Waals surface area contributed by atoms with Gasteiger partial charge in [-0.15, -0.1) is 0 Å². The molecule has 4 aromatic rings. The third-order valence-electron chi connectivity index (χ3n) is 4.67. The van der Waals surface area contributed by atoms with Gasteiger partial charge < -0.3 is 4.90 Å². The molecule has 0 atom stereocenters. The Morgan fingerprint density at radius 3 is 2.64 bits per heavy atom. The second kappa shape index (κ2) is 7.23. The van der Waals surface area contributed by atoms with Crippen LogP contribution >= 0.6 is 0 Å². The maximum Gasteiger partial charge on any atom is 0.254 e. The van der Waals surface area contributed by atoms with E-state index in [-0.39, 0.29) is 11.7 Å². The van der Waals surface area contributed by atoms with E-state index >= 15 is 0 Å². The fourth-order valence-corrected chi connectivity index (χ4v) is 3.22. The number of amides is 1. The van der Waals surface area contributed by atoms with Crippen LogP contribution in [0.15, 0.2) is 66.9 Å². The summed E-state index contributed by atoms with van der Waals surface area (Å²) in [7, 11) is 3.53. The van der Waals surface area contributed by atoms with Crippen LogP contribution in [0.2, 0.25) is 0 Å². The molecule has 0 bridgehead atoms. The molecule has 4 rings (SSSR count). The van der Waals surface area contributed by atoms with Crippen LogP contribution in [0, 0.1) is 5.82 Å². The summed E-state index contributed by atoms with van der Waals surface area (Å²) < 4.78 is 15.3. The summed E-state index contributed by atoms with van der Waals surface area (Å²) >= 11 is 0. The minimum absolute atomic E-state index is 0.137. The van der Waals surface area contributed by atoms with Crippen LogP contribution < -0.4 is 0 Å². The van der Waals surface area contributed by atoms with Crippen molar-refractivity contribution in [2.45, 2.75) is 6.54 Å². The quantitative estimate of drug-likeness (QED) is 0.542. The van der Waals surface area contributed by atoms with E-state index in [1.54, 1.807) is 48.1 Å². The van der Waals surface area contributed by atoms with Crippen molar-refractivity contribution in [3.05, 3.63) is 83.8 Å². The summed E-state index contributed by atoms with van der Waals surface area (Å²) in [6, 6.07) is 17.7. The molecule has 140 valence electrons. The van der Waals surface area contributed by atoms with Gasteiger partial charge in [-0.1, -0.05) is 42.5 Å². The van der Waals surface area contributed by atoms with E-state index in [1.807, 2.05) is 30.3 Å². The Morgan fingerprint density at radius 2 is 1.89 bits per heavy atom. The van der Waals surface area contributed by atoms with Gasteiger partial charge in [0.15, 0.2) is 5.65 Å². The van der Waals surface area contributed by atoms with Crippen molar-refractivity contribution in [3.8, 4) is 11.3 Å². The van der Waals surface area contributed by atoms with Crippen LogP contribution in [-0.2, 0) is 13.6 Å². The molecule has 2 aromatic carbocycles. The summed E-state index contributed by atoms with van der Waals surface area (Å²) in [5.74, 6) is -0.486. The van der Waals surface area contributed by atoms with E-state index in [4.69, 9.17) is 0 Å². The average Bonchev–Trinajstić information content (AvgIpc) is 3.08. The molecule has 6 heteroatoms. The van der Waals surface area contributed by atoms with E-state index in [0.717, 1.165) is 5.56 Å². The Kier molecular flexibility index (Phi) is 4.61. The largest absolute Gasteiger partial charge is 0.337 e. The molecule has 0 saturated heterocycles. The van der Waals surface area contributed by atoms with Gasteiger partial charge in [0.2, 0.25) is 0 Å². The maximum absolute atomic E-state index is 13.7. The number of hydrogen-bond donors (Lipinski definition) is 0. The van der Waals surface area contributed by atoms with E-state index in [1.165, 1.54) is 12.1 Å². The van der Waals surface area contributed by atoms with E-state index < -0.39 is 0 Å². The first-order chi connectivity index (χ1) is 13.5. The highest BCUT2D eigenvalue weighted by molar-refractivity contribution is 6.06. The summed E-state index contributed by atoms with van der Waals surface area (Å²) in [5, 5.41) is 4.92. The summed E-state index contributed by atoms with van der Waals surface area (Å²) in [4.78, 5) is 19.5. The minimum atomic E-state index is -0.349. The number of rotatable bonds is 4. The third-order valence-corrected chi connectivity index (χ3v) is 4.67. The van der Waals surface area contributed by atoms with Crippen LogP contribution in [0.5, 0.6) is 0 Å². The number of carbonyl (C=O) groups excluding carboxylic acids is 1. The summed E-state index contributed by atoms with van der Waals surface area (Å²) in [6.45, 7) is 0.485. The fraction of sp³-hybridized carbons (Fsp3) is 0.136. The Balaban J connectivity index is 1.78. The van der Waals surface area contributed by atoms with E-state index in [0.29, 0.717) is 34.4 Å². The zero-order valence-corrected chi connectivity index (χ0v) is 15.6. The summed E-state index contributed by atoms with van der Waals surface area (Å²) in [6.07, 6.45) is 1.64. The van der Waals surface area contributed by atoms with Gasteiger partial charge in [0.1, 0.15) is 5.82 Å². The number of fused-ring (bicyclic) bond motifs is 1. The van der Waals surface area contributed by atoms with Crippen molar-refractivity contribution >= 4 is 16.9 Å². The zero-order valence-electron chi connectivity index (χ0n) is 15.6. The number of aryl methyl sites for hydroxylation is 1. The van der Waals surface area contributed by atoms with Crippen molar-refractivity contribution < 1.29 is 9.18 Å². The predicted molar refractivity (Wildman–Crippen MR) is 106 cm³/mol. The SMILES string of the molecule is CN(Cc1ccccc1)C(=O)c1cc(-c2cccc(F)c2)nc2c1cnn2C. The number of pyridine rings is 1. The van der Waals surface area contributed by atoms with Gasteiger partial charge in [-0.05, 0) is 23.8 Å². The first-order valence-corrected chi connectivity index (χ1v) is 8.91. The van der Waals surface area contributed by atoms with Crippen molar-refractivity contribution in [2.24, 2.45) is 7.05 Å². The Hall–Kier alpha value is -3.54. The predicted octanol–water partition coefficient (Wildman–Crippen LogP) is 4.05. The molecular formula is C22H19FN4O. The molecule has 5 nitrogen and oxygen atoms in total. The van der Waals surface area contributed by atoms with Crippen molar-refractivity contribution in [3.63, 3.8) is 0 Å². The highest BCUT2D eigenvalue weighted by atomic mass is 19.1. The van der Waals surface area contributed by atoms with Crippen LogP contribution in [0.1, 0.15) is 15.9 Å². The van der Waals surface area contributed by atoms with Gasteiger partial charge in [-0.2, -0.15) is 5.10 Å². The molecule has 0 N–H and O–H groups in total. The molecule has 0 radical (unpaired) electrons. The van der Waals surface area contributed by atoms with Crippen molar-refractivity contribution in [1.29, 1.82) is 0 Å². The minimum Gasteiger partial charge on any atom is -0.337 e. The highest BCUT2D eigenvalue weighted by Crippen LogP contribution is 2.26. The first kappa shape index (κ1) is 17.9. The number of benzene rings is 2. The smallest absolute Gasteiger partial charge is 0.254 e. The fourth-order valence-electron chi connectivity index (χ4n) is 3.22. The molecule has 2 aromatic heterocycles. The maximum atomic E-state index is 13.7. The lowest BCUT2D eigenvalue weighted by molar-refractivity contribution is 0.0787. The molecule has 1 amide bonds. The average molecular weight is 374 g/mol. The van der Waals surface area contributed by atoms with Gasteiger partial charge in [-0.25, -0.2) is 9.37 Å². The molecule has 28 heavy (non-hydrogen) atoms. The molecule has 0 unspecified atom stereocenters. The Labute approximate surface area is 162 Å². The molecule has 0 spiro atoms. The zero-order chi connectivity index (χ0) is 19.7. The highest BCUT2D eigenvalue weighted by Gasteiger charge is 2.20. The number of carbonyl (C=O) groups is 1. The van der Waals surface area contributed by atoms with Crippen LogP contribution in [0.3, 0.4) is 0 Å². The number of nitrogens with zero attached hydrogens (tertiary/aromatic N) is 4. The molecule has 0 aliphatic carbocycles. The van der Waals surface area contributed by atoms with Gasteiger partial charge in [0.05, 0.1) is 22.8 Å². The molecule has 0 fully saturated rings. The van der Waals surface area contributed by atoms with Crippen molar-refractivity contribution in [1.82, 2.24) is 19.7 Å². The molecular weight excluding hydrogens is 355 g/mol. The van der Waals surface area contributed by atoms with Gasteiger partial charge in [-0.3, -0.25) is 9.48 Å². The van der Waals surface area contributed by atoms with Crippen molar-refractivity contribution in [2.75, 3.05) is 7.05 Å². The lowest BCUT2D eigenvalue weighted by atomic mass is 10.1. The van der Waals surface area contributed by atoms with E-state index in [9.17, 15) is 9.18 Å². The monoisotopic (exact) mass is 374 g/mol. The number of aromatic nitrogens is 3. The van der Waals surface area contributed by atoms with Gasteiger partial charge in [0.25, 0.3) is 5.91 Å². The van der Waals surface area contributed by atoms with Gasteiger partial charge in [0, 0.05) is 26.2 Å². The van der Waals surface area contributed by atoms with Gasteiger partial charge >= 0.3 is 0 Å². The molecule has 0 aliphatic heterocycles. The number of halogens is 1. The topological polar surface area (TPSA) is 51.0 Å². The second-order valence-electron chi connectivity index (χ2n) is 6.72. The summed E-state index contributed by atoms with van der Waals surface area (Å²) in [5.41, 5.74) is 3.27. The van der Waals surface area contributed by atoms with E-state index in [2.05, 4.69) is 10.1 Å². The van der Waals surface area contributed by atoms with Crippen LogP contribution in [0.25, 0.3) is 22.3 Å². The molecule has 0 aliphatic rings. The Bertz CT molecular complexity index is 1150.